The first-order valence-electron chi connectivity index (χ1n) is 4.66. The van der Waals surface area contributed by atoms with Crippen LogP contribution in [0.25, 0.3) is 0 Å². The van der Waals surface area contributed by atoms with Crippen molar-refractivity contribution in [2.45, 2.75) is 26.6 Å². The second kappa shape index (κ2) is 6.62. The van der Waals surface area contributed by atoms with Crippen LogP contribution in [0.1, 0.15) is 20.8 Å². The largest absolute Gasteiger partial charge is 0.463 e. The summed E-state index contributed by atoms with van der Waals surface area (Å²) in [5, 5.41) is 0. The van der Waals surface area contributed by atoms with Crippen LogP contribution in [0.4, 0.5) is 0 Å². The number of carbonyl (C=O) groups excluding carboxylic acids is 2. The lowest BCUT2D eigenvalue weighted by Crippen LogP contribution is -2.29. The number of hydrogen-bond donors (Lipinski definition) is 1. The molecule has 0 saturated heterocycles. The first-order chi connectivity index (χ1) is 7.35. The molecule has 0 bridgehead atoms. The van der Waals surface area contributed by atoms with Gasteiger partial charge in [0.1, 0.15) is 0 Å². The van der Waals surface area contributed by atoms with Gasteiger partial charge in [-0.3, -0.25) is 9.36 Å². The minimum Gasteiger partial charge on any atom is -0.463 e. The molecule has 0 aromatic heterocycles. The second-order valence-corrected chi connectivity index (χ2v) is 4.55. The Morgan fingerprint density at radius 1 is 1.31 bits per heavy atom. The zero-order valence-corrected chi connectivity index (χ0v) is 10.2. The van der Waals surface area contributed by atoms with Crippen molar-refractivity contribution in [1.82, 2.24) is 0 Å². The summed E-state index contributed by atoms with van der Waals surface area (Å²) in [5.74, 6) is -3.89. The van der Waals surface area contributed by atoms with E-state index in [1.807, 2.05) is 0 Å². The molecule has 0 aliphatic rings. The van der Waals surface area contributed by atoms with Gasteiger partial charge in [0.15, 0.2) is 0 Å². The highest BCUT2D eigenvalue weighted by Crippen LogP contribution is 2.48. The van der Waals surface area contributed by atoms with Crippen molar-refractivity contribution in [1.29, 1.82) is 0 Å². The Balaban J connectivity index is 4.85. The summed E-state index contributed by atoms with van der Waals surface area (Å²) in [6.07, 6.45) is 0. The molecule has 0 aromatic carbocycles. The van der Waals surface area contributed by atoms with Crippen molar-refractivity contribution in [3.63, 3.8) is 0 Å². The smallest absolute Gasteiger partial charge is 0.380 e. The molecule has 8 heteroatoms. The molecule has 0 rings (SSSR count). The standard InChI is InChI=1S/C8H15O7P/c1-4-13-7(10)8(15-6(3)9)16(11,12)14-5-2/h8H,4-5H2,1-3H3,(H,11,12). The lowest BCUT2D eigenvalue weighted by atomic mass is 10.7. The van der Waals surface area contributed by atoms with E-state index in [0.717, 1.165) is 6.92 Å². The fraction of sp³-hybridized carbons (Fsp3) is 0.750. The van der Waals surface area contributed by atoms with Gasteiger partial charge in [0, 0.05) is 6.92 Å². The van der Waals surface area contributed by atoms with Crippen LogP contribution in [-0.4, -0.2) is 35.9 Å². The fourth-order valence-corrected chi connectivity index (χ4v) is 2.00. The quantitative estimate of drug-likeness (QED) is 0.549. The summed E-state index contributed by atoms with van der Waals surface area (Å²) in [4.78, 5) is 31.4. The van der Waals surface area contributed by atoms with E-state index in [9.17, 15) is 19.0 Å². The molecule has 0 aromatic rings. The third-order valence-corrected chi connectivity index (χ3v) is 2.91. The highest BCUT2D eigenvalue weighted by Gasteiger charge is 2.42. The summed E-state index contributed by atoms with van der Waals surface area (Å²) < 4.78 is 25.0. The predicted molar refractivity (Wildman–Crippen MR) is 53.6 cm³/mol. The molecular formula is C8H15O7P. The van der Waals surface area contributed by atoms with Gasteiger partial charge >= 0.3 is 19.5 Å². The third-order valence-electron chi connectivity index (χ3n) is 1.38. The number of ether oxygens (including phenoxy) is 2. The summed E-state index contributed by atoms with van der Waals surface area (Å²) in [7, 11) is -4.36. The van der Waals surface area contributed by atoms with E-state index in [2.05, 4.69) is 14.0 Å². The van der Waals surface area contributed by atoms with E-state index in [1.54, 1.807) is 0 Å². The van der Waals surface area contributed by atoms with E-state index in [1.165, 1.54) is 13.8 Å². The Bertz CT molecular complexity index is 301. The summed E-state index contributed by atoms with van der Waals surface area (Å²) in [6, 6.07) is 0. The number of carbonyl (C=O) groups is 2. The topological polar surface area (TPSA) is 99.1 Å². The summed E-state index contributed by atoms with van der Waals surface area (Å²) >= 11 is 0. The van der Waals surface area contributed by atoms with E-state index in [-0.39, 0.29) is 13.2 Å². The van der Waals surface area contributed by atoms with Crippen molar-refractivity contribution < 1.29 is 33.0 Å². The molecule has 7 nitrogen and oxygen atoms in total. The van der Waals surface area contributed by atoms with Gasteiger partial charge in [0.25, 0.3) is 5.85 Å². The molecule has 0 aliphatic heterocycles. The van der Waals surface area contributed by atoms with Crippen molar-refractivity contribution in [3.8, 4) is 0 Å². The Hall–Kier alpha value is -0.910. The van der Waals surface area contributed by atoms with Gasteiger partial charge in [0.05, 0.1) is 13.2 Å². The Labute approximate surface area is 93.2 Å². The SMILES string of the molecule is CCOC(=O)C(OC(C)=O)P(=O)(O)OCC. The van der Waals surface area contributed by atoms with E-state index in [0.29, 0.717) is 0 Å². The van der Waals surface area contributed by atoms with Crippen LogP contribution in [0.2, 0.25) is 0 Å². The second-order valence-electron chi connectivity index (χ2n) is 2.70. The number of hydrogen-bond acceptors (Lipinski definition) is 6. The average molecular weight is 254 g/mol. The van der Waals surface area contributed by atoms with Crippen molar-refractivity contribution >= 4 is 19.5 Å². The number of esters is 2. The van der Waals surface area contributed by atoms with Gasteiger partial charge in [-0.1, -0.05) is 0 Å². The maximum absolute atomic E-state index is 11.5. The Morgan fingerprint density at radius 3 is 2.25 bits per heavy atom. The van der Waals surface area contributed by atoms with E-state index >= 15 is 0 Å². The highest BCUT2D eigenvalue weighted by molar-refractivity contribution is 7.54. The lowest BCUT2D eigenvalue weighted by molar-refractivity contribution is -0.161. The highest BCUT2D eigenvalue weighted by atomic mass is 31.2. The first kappa shape index (κ1) is 15.1. The zero-order valence-electron chi connectivity index (χ0n) is 9.34. The van der Waals surface area contributed by atoms with Crippen molar-refractivity contribution in [2.75, 3.05) is 13.2 Å². The molecular weight excluding hydrogens is 239 g/mol. The van der Waals surface area contributed by atoms with Crippen LogP contribution in [0.3, 0.4) is 0 Å². The molecule has 1 N–H and O–H groups in total. The van der Waals surface area contributed by atoms with Gasteiger partial charge in [-0.25, -0.2) is 4.79 Å². The maximum atomic E-state index is 11.5. The first-order valence-corrected chi connectivity index (χ1v) is 6.30. The van der Waals surface area contributed by atoms with Crippen LogP contribution in [0, 0.1) is 0 Å². The van der Waals surface area contributed by atoms with Crippen LogP contribution < -0.4 is 0 Å². The minimum atomic E-state index is -4.36. The average Bonchev–Trinajstić information content (AvgIpc) is 2.13. The van der Waals surface area contributed by atoms with Crippen LogP contribution in [0.15, 0.2) is 0 Å². The molecule has 0 fully saturated rings. The predicted octanol–water partition coefficient (Wildman–Crippen LogP) is 0.661. The Morgan fingerprint density at radius 2 is 1.88 bits per heavy atom. The normalized spacial score (nSPS) is 16.0. The van der Waals surface area contributed by atoms with Crippen LogP contribution in [0.5, 0.6) is 0 Å². The van der Waals surface area contributed by atoms with Gasteiger partial charge in [0.2, 0.25) is 0 Å². The molecule has 2 atom stereocenters. The molecule has 94 valence electrons. The molecule has 0 amide bonds. The molecule has 2 unspecified atom stereocenters. The van der Waals surface area contributed by atoms with E-state index in [4.69, 9.17) is 0 Å². The van der Waals surface area contributed by atoms with Gasteiger partial charge in [-0.2, -0.15) is 0 Å². The monoisotopic (exact) mass is 254 g/mol. The zero-order chi connectivity index (χ0) is 12.8. The molecule has 16 heavy (non-hydrogen) atoms. The summed E-state index contributed by atoms with van der Waals surface area (Å²) in [5.41, 5.74) is 0. The minimum absolute atomic E-state index is 0.00270. The molecule has 0 saturated carbocycles. The molecule has 0 spiro atoms. The fourth-order valence-electron chi connectivity index (χ4n) is 0.871. The molecule has 0 heterocycles. The van der Waals surface area contributed by atoms with Crippen molar-refractivity contribution in [3.05, 3.63) is 0 Å². The molecule has 0 aliphatic carbocycles. The molecule has 0 radical (unpaired) electrons. The van der Waals surface area contributed by atoms with Crippen LogP contribution >= 0.6 is 7.60 Å². The van der Waals surface area contributed by atoms with Crippen molar-refractivity contribution in [2.24, 2.45) is 0 Å². The van der Waals surface area contributed by atoms with Crippen LogP contribution in [-0.2, 0) is 28.2 Å². The summed E-state index contributed by atoms with van der Waals surface area (Å²) in [6.45, 7) is 3.91. The number of rotatable bonds is 6. The van der Waals surface area contributed by atoms with Gasteiger partial charge in [-0.05, 0) is 13.8 Å². The lowest BCUT2D eigenvalue weighted by Gasteiger charge is -2.19. The van der Waals surface area contributed by atoms with Gasteiger partial charge in [-0.15, -0.1) is 0 Å². The van der Waals surface area contributed by atoms with Gasteiger partial charge < -0.3 is 18.9 Å². The third kappa shape index (κ3) is 4.74. The maximum Gasteiger partial charge on any atom is 0.380 e. The van der Waals surface area contributed by atoms with E-state index < -0.39 is 25.4 Å². The Kier molecular flexibility index (Phi) is 6.25.